The monoisotopic (exact) mass is 263 g/mol. The molecule has 0 bridgehead atoms. The number of carboxylic acid groups (broad SMARTS) is 1. The summed E-state index contributed by atoms with van der Waals surface area (Å²) in [5.41, 5.74) is 1.81. The molecule has 1 heterocycles. The minimum Gasteiger partial charge on any atom is -0.481 e. The third kappa shape index (κ3) is 3.01. The Hall–Kier alpha value is -2.11. The van der Waals surface area contributed by atoms with Crippen molar-refractivity contribution in [1.29, 1.82) is 0 Å². The molecule has 1 aromatic rings. The lowest BCUT2D eigenvalue weighted by Gasteiger charge is -2.24. The fourth-order valence-electron chi connectivity index (χ4n) is 2.24. The molecule has 6 heteroatoms. The summed E-state index contributed by atoms with van der Waals surface area (Å²) in [5, 5.41) is 18.6. The van der Waals surface area contributed by atoms with Crippen molar-refractivity contribution in [2.75, 3.05) is 0 Å². The summed E-state index contributed by atoms with van der Waals surface area (Å²) < 4.78 is 0. The van der Waals surface area contributed by atoms with Gasteiger partial charge in [0.1, 0.15) is 0 Å². The maximum absolute atomic E-state index is 12.1. The first-order chi connectivity index (χ1) is 9.09. The summed E-state index contributed by atoms with van der Waals surface area (Å²) in [7, 11) is 0. The van der Waals surface area contributed by atoms with Crippen LogP contribution in [0.1, 0.15) is 24.1 Å². The van der Waals surface area contributed by atoms with Crippen LogP contribution >= 0.6 is 0 Å². The zero-order valence-corrected chi connectivity index (χ0v) is 10.7. The minimum atomic E-state index is -0.913. The first kappa shape index (κ1) is 13.3. The second-order valence-corrected chi connectivity index (χ2v) is 4.73. The number of nitrogens with one attached hydrogen (secondary N) is 2. The molecule has 2 rings (SSSR count). The van der Waals surface area contributed by atoms with Gasteiger partial charge in [-0.25, -0.2) is 0 Å². The molecule has 19 heavy (non-hydrogen) atoms. The fourth-order valence-corrected chi connectivity index (χ4v) is 2.24. The number of nitrogens with zero attached hydrogens (tertiary/aromatic N) is 1. The molecular weight excluding hydrogens is 246 g/mol. The molecule has 0 aromatic carbocycles. The first-order valence-corrected chi connectivity index (χ1v) is 6.24. The lowest BCUT2D eigenvalue weighted by molar-refractivity contribution is -0.147. The van der Waals surface area contributed by atoms with Gasteiger partial charge < -0.3 is 10.4 Å². The summed E-state index contributed by atoms with van der Waals surface area (Å²) in [6, 6.07) is 0. The maximum atomic E-state index is 12.1. The van der Waals surface area contributed by atoms with Crippen LogP contribution in [0.3, 0.4) is 0 Å². The van der Waals surface area contributed by atoms with Crippen LogP contribution in [0.4, 0.5) is 0 Å². The molecule has 0 aliphatic heterocycles. The SMILES string of the molecule is Cc1[nH]ncc1CNC(=O)[C@@H]1CC=CC[C@@H]1C(=O)O. The van der Waals surface area contributed by atoms with Gasteiger partial charge in [-0.3, -0.25) is 14.7 Å². The van der Waals surface area contributed by atoms with Gasteiger partial charge in [-0.1, -0.05) is 12.2 Å². The number of carbonyl (C=O) groups is 2. The topological polar surface area (TPSA) is 95.1 Å². The number of aryl methyl sites for hydroxylation is 1. The highest BCUT2D eigenvalue weighted by atomic mass is 16.4. The third-order valence-electron chi connectivity index (χ3n) is 3.47. The van der Waals surface area contributed by atoms with Crippen LogP contribution in [-0.2, 0) is 16.1 Å². The van der Waals surface area contributed by atoms with Gasteiger partial charge in [0.2, 0.25) is 5.91 Å². The normalized spacial score (nSPS) is 22.2. The highest BCUT2D eigenvalue weighted by molar-refractivity contribution is 5.85. The summed E-state index contributed by atoms with van der Waals surface area (Å²) in [6.45, 7) is 2.24. The van der Waals surface area contributed by atoms with Crippen LogP contribution in [0, 0.1) is 18.8 Å². The van der Waals surface area contributed by atoms with Crippen LogP contribution in [-0.4, -0.2) is 27.2 Å². The summed E-state index contributed by atoms with van der Waals surface area (Å²) in [6.07, 6.45) is 6.24. The van der Waals surface area contributed by atoms with Crippen LogP contribution in [0.15, 0.2) is 18.3 Å². The van der Waals surface area contributed by atoms with Crippen molar-refractivity contribution in [1.82, 2.24) is 15.5 Å². The smallest absolute Gasteiger partial charge is 0.307 e. The Morgan fingerprint density at radius 2 is 2.11 bits per heavy atom. The molecule has 0 fully saturated rings. The summed E-state index contributed by atoms with van der Waals surface area (Å²) >= 11 is 0. The van der Waals surface area contributed by atoms with Crippen molar-refractivity contribution >= 4 is 11.9 Å². The van der Waals surface area contributed by atoms with Crippen LogP contribution in [0.2, 0.25) is 0 Å². The molecule has 1 aromatic heterocycles. The molecule has 0 radical (unpaired) electrons. The second kappa shape index (κ2) is 5.69. The Labute approximate surface area is 110 Å². The van der Waals surface area contributed by atoms with E-state index in [9.17, 15) is 9.59 Å². The molecular formula is C13H17N3O3. The highest BCUT2D eigenvalue weighted by Gasteiger charge is 2.33. The van der Waals surface area contributed by atoms with Crippen molar-refractivity contribution in [3.63, 3.8) is 0 Å². The van der Waals surface area contributed by atoms with Crippen LogP contribution in [0.5, 0.6) is 0 Å². The van der Waals surface area contributed by atoms with Crippen LogP contribution < -0.4 is 5.32 Å². The first-order valence-electron chi connectivity index (χ1n) is 6.24. The van der Waals surface area contributed by atoms with E-state index < -0.39 is 17.8 Å². The quantitative estimate of drug-likeness (QED) is 0.706. The molecule has 1 aliphatic carbocycles. The molecule has 3 N–H and O–H groups in total. The summed E-state index contributed by atoms with van der Waals surface area (Å²) in [5.74, 6) is -2.24. The fraction of sp³-hybridized carbons (Fsp3) is 0.462. The van der Waals surface area contributed by atoms with Crippen molar-refractivity contribution in [3.8, 4) is 0 Å². The number of H-pyrrole nitrogens is 1. The zero-order valence-electron chi connectivity index (χ0n) is 10.7. The number of allylic oxidation sites excluding steroid dienone is 2. The number of amides is 1. The lowest BCUT2D eigenvalue weighted by atomic mass is 9.82. The van der Waals surface area contributed by atoms with Gasteiger partial charge >= 0.3 is 5.97 Å². The minimum absolute atomic E-state index is 0.211. The van der Waals surface area contributed by atoms with Crippen molar-refractivity contribution in [2.45, 2.75) is 26.3 Å². The largest absolute Gasteiger partial charge is 0.481 e. The van der Waals surface area contributed by atoms with Crippen molar-refractivity contribution < 1.29 is 14.7 Å². The molecule has 102 valence electrons. The zero-order chi connectivity index (χ0) is 13.8. The van der Waals surface area contributed by atoms with E-state index in [2.05, 4.69) is 15.5 Å². The van der Waals surface area contributed by atoms with Gasteiger partial charge in [-0.05, 0) is 19.8 Å². The molecule has 1 amide bonds. The van der Waals surface area contributed by atoms with E-state index in [4.69, 9.17) is 5.11 Å². The second-order valence-electron chi connectivity index (χ2n) is 4.73. The van der Waals surface area contributed by atoms with E-state index in [1.165, 1.54) is 0 Å². The van der Waals surface area contributed by atoms with E-state index >= 15 is 0 Å². The number of aliphatic carboxylic acids is 1. The van der Waals surface area contributed by atoms with E-state index in [-0.39, 0.29) is 5.91 Å². The van der Waals surface area contributed by atoms with Gasteiger partial charge in [0.15, 0.2) is 0 Å². The predicted octanol–water partition coefficient (Wildman–Crippen LogP) is 1.00. The molecule has 0 saturated heterocycles. The Balaban J connectivity index is 1.97. The Kier molecular flexibility index (Phi) is 3.99. The average molecular weight is 263 g/mol. The number of rotatable bonds is 4. The molecule has 0 saturated carbocycles. The molecule has 2 atom stereocenters. The maximum Gasteiger partial charge on any atom is 0.307 e. The van der Waals surface area contributed by atoms with E-state index in [0.717, 1.165) is 11.3 Å². The van der Waals surface area contributed by atoms with Crippen molar-refractivity contribution in [2.24, 2.45) is 11.8 Å². The molecule has 0 spiro atoms. The van der Waals surface area contributed by atoms with Gasteiger partial charge in [0.25, 0.3) is 0 Å². The van der Waals surface area contributed by atoms with Gasteiger partial charge in [-0.2, -0.15) is 5.10 Å². The third-order valence-corrected chi connectivity index (χ3v) is 3.47. The number of hydrogen-bond donors (Lipinski definition) is 3. The van der Waals surface area contributed by atoms with Gasteiger partial charge in [0.05, 0.1) is 18.0 Å². The van der Waals surface area contributed by atoms with E-state index in [0.29, 0.717) is 19.4 Å². The highest BCUT2D eigenvalue weighted by Crippen LogP contribution is 2.26. The Morgan fingerprint density at radius 1 is 1.42 bits per heavy atom. The van der Waals surface area contributed by atoms with Crippen LogP contribution in [0.25, 0.3) is 0 Å². The standard InChI is InChI=1S/C13H17N3O3/c1-8-9(7-15-16-8)6-14-12(17)10-4-2-3-5-11(10)13(18)19/h2-3,7,10-11H,4-6H2,1H3,(H,14,17)(H,15,16)(H,18,19)/t10-,11+/m1/s1. The Morgan fingerprint density at radius 3 is 2.68 bits per heavy atom. The average Bonchev–Trinajstić information content (AvgIpc) is 2.81. The number of hydrogen-bond acceptors (Lipinski definition) is 3. The number of carboxylic acids is 1. The van der Waals surface area contributed by atoms with E-state index in [1.54, 1.807) is 6.20 Å². The Bertz CT molecular complexity index is 507. The van der Waals surface area contributed by atoms with Gasteiger partial charge in [-0.15, -0.1) is 0 Å². The van der Waals surface area contributed by atoms with Gasteiger partial charge in [0, 0.05) is 17.8 Å². The summed E-state index contributed by atoms with van der Waals surface area (Å²) in [4.78, 5) is 23.2. The van der Waals surface area contributed by atoms with Crippen molar-refractivity contribution in [3.05, 3.63) is 29.6 Å². The molecule has 6 nitrogen and oxygen atoms in total. The lowest BCUT2D eigenvalue weighted by Crippen LogP contribution is -2.38. The molecule has 0 unspecified atom stereocenters. The number of aromatic nitrogens is 2. The predicted molar refractivity (Wildman–Crippen MR) is 68.2 cm³/mol. The number of aromatic amines is 1. The van der Waals surface area contributed by atoms with E-state index in [1.807, 2.05) is 19.1 Å². The molecule has 1 aliphatic rings. The number of carbonyl (C=O) groups excluding carboxylic acids is 1.